The first-order valence-electron chi connectivity index (χ1n) is 16.1. The van der Waals surface area contributed by atoms with Gasteiger partial charge in [0.15, 0.2) is 0 Å². The largest absolute Gasteiger partial charge is 0.310 e. The Morgan fingerprint density at radius 2 is 1.25 bits per heavy atom. The summed E-state index contributed by atoms with van der Waals surface area (Å²) in [5, 5.41) is 0.827. The average Bonchev–Trinajstić information content (AvgIpc) is 3.30. The smallest absolute Gasteiger partial charge is 0.0465 e. The number of rotatable bonds is 4. The van der Waals surface area contributed by atoms with Crippen LogP contribution in [0.1, 0.15) is 49.8 Å². The lowest BCUT2D eigenvalue weighted by atomic mass is 9.55. The summed E-state index contributed by atoms with van der Waals surface area (Å²) in [6.07, 6.45) is 6.46. The van der Waals surface area contributed by atoms with Gasteiger partial charge in [-0.25, -0.2) is 0 Å². The molecule has 4 unspecified atom stereocenters. The minimum atomic E-state index is -0.156. The molecule has 4 atom stereocenters. The molecule has 0 heterocycles. The lowest BCUT2D eigenvalue weighted by Crippen LogP contribution is -2.42. The highest BCUT2D eigenvalue weighted by atomic mass is 35.5. The van der Waals surface area contributed by atoms with Gasteiger partial charge in [0.2, 0.25) is 0 Å². The van der Waals surface area contributed by atoms with Crippen LogP contribution >= 0.6 is 11.6 Å². The van der Waals surface area contributed by atoms with Crippen LogP contribution < -0.4 is 4.90 Å². The molecule has 0 aromatic heterocycles. The molecule has 5 aromatic rings. The van der Waals surface area contributed by atoms with E-state index >= 15 is 0 Å². The summed E-state index contributed by atoms with van der Waals surface area (Å²) in [5.41, 5.74) is 14.1. The van der Waals surface area contributed by atoms with Crippen LogP contribution in [0.5, 0.6) is 0 Å². The molecule has 8 rings (SSSR count). The Hall–Kier alpha value is -4.07. The van der Waals surface area contributed by atoms with E-state index in [1.54, 1.807) is 5.57 Å². The van der Waals surface area contributed by atoms with E-state index < -0.39 is 0 Å². The minimum Gasteiger partial charge on any atom is -0.310 e. The van der Waals surface area contributed by atoms with E-state index in [0.29, 0.717) is 11.8 Å². The van der Waals surface area contributed by atoms with Crippen LogP contribution in [0.25, 0.3) is 22.3 Å². The summed E-state index contributed by atoms with van der Waals surface area (Å²) in [6, 6.07) is 42.3. The van der Waals surface area contributed by atoms with Gasteiger partial charge in [-0.05, 0) is 133 Å². The Morgan fingerprint density at radius 3 is 1.98 bits per heavy atom. The number of hydrogen-bond donors (Lipinski definition) is 0. The third-order valence-corrected chi connectivity index (χ3v) is 10.9. The highest BCUT2D eigenvalue weighted by Gasteiger charge is 2.52. The topological polar surface area (TPSA) is 3.24 Å². The maximum absolute atomic E-state index is 6.75. The lowest BCUT2D eigenvalue weighted by molar-refractivity contribution is 0.168. The van der Waals surface area contributed by atoms with Crippen LogP contribution in [0.15, 0.2) is 127 Å². The minimum absolute atomic E-state index is 0.156. The fourth-order valence-electron chi connectivity index (χ4n) is 8.60. The summed E-state index contributed by atoms with van der Waals surface area (Å²) in [6.45, 7) is 6.98. The van der Waals surface area contributed by atoms with Gasteiger partial charge >= 0.3 is 0 Å². The van der Waals surface area contributed by atoms with Crippen molar-refractivity contribution in [1.29, 1.82) is 0 Å². The zero-order chi connectivity index (χ0) is 30.0. The normalized spacial score (nSPS) is 23.2. The van der Waals surface area contributed by atoms with Crippen LogP contribution in [0.3, 0.4) is 0 Å². The van der Waals surface area contributed by atoms with E-state index in [2.05, 4.69) is 147 Å². The Bertz CT molecular complexity index is 1890. The van der Waals surface area contributed by atoms with Gasteiger partial charge in [-0.15, -0.1) is 0 Å². The van der Waals surface area contributed by atoms with Crippen LogP contribution in [0.4, 0.5) is 17.1 Å². The SMILES string of the molecule is CC1=CC2(c3cc(Cl)ccc3-c3ccc(N(c4ccc(C)cc4)c4ccc(-c5ccccc5)cc4)cc32)C2CC(C)CC1C2. The van der Waals surface area contributed by atoms with Gasteiger partial charge in [0, 0.05) is 27.5 Å². The number of fused-ring (bicyclic) bond motifs is 8. The first kappa shape index (κ1) is 27.5. The van der Waals surface area contributed by atoms with Gasteiger partial charge in [0.1, 0.15) is 0 Å². The van der Waals surface area contributed by atoms with Crippen molar-refractivity contribution in [2.75, 3.05) is 4.90 Å². The molecule has 2 heteroatoms. The van der Waals surface area contributed by atoms with E-state index in [1.165, 1.54) is 63.9 Å². The van der Waals surface area contributed by atoms with E-state index in [0.717, 1.165) is 22.3 Å². The van der Waals surface area contributed by atoms with Crippen molar-refractivity contribution in [2.45, 2.75) is 45.4 Å². The molecule has 0 aliphatic heterocycles. The van der Waals surface area contributed by atoms with E-state index in [9.17, 15) is 0 Å². The first-order valence-corrected chi connectivity index (χ1v) is 16.4. The molecule has 0 radical (unpaired) electrons. The van der Waals surface area contributed by atoms with Crippen molar-refractivity contribution in [1.82, 2.24) is 0 Å². The second-order valence-electron chi connectivity index (χ2n) is 13.5. The fraction of sp³-hybridized carbons (Fsp3) is 0.238. The highest BCUT2D eigenvalue weighted by molar-refractivity contribution is 6.30. The molecule has 218 valence electrons. The van der Waals surface area contributed by atoms with Crippen molar-refractivity contribution in [3.63, 3.8) is 0 Å². The Balaban J connectivity index is 1.32. The number of hydrogen-bond acceptors (Lipinski definition) is 1. The molecule has 0 saturated heterocycles. The highest BCUT2D eigenvalue weighted by Crippen LogP contribution is 2.62. The van der Waals surface area contributed by atoms with Gasteiger partial charge < -0.3 is 4.90 Å². The lowest BCUT2D eigenvalue weighted by Gasteiger charge is -2.49. The van der Waals surface area contributed by atoms with Crippen molar-refractivity contribution in [3.8, 4) is 22.3 Å². The number of allylic oxidation sites excluding steroid dienone is 2. The maximum atomic E-state index is 6.75. The summed E-state index contributed by atoms with van der Waals surface area (Å²) in [4.78, 5) is 2.42. The Kier molecular flexibility index (Phi) is 6.58. The monoisotopic (exact) mass is 591 g/mol. The Morgan fingerprint density at radius 1 is 0.636 bits per heavy atom. The van der Waals surface area contributed by atoms with Gasteiger partial charge in [-0.3, -0.25) is 0 Å². The van der Waals surface area contributed by atoms with Crippen molar-refractivity contribution < 1.29 is 0 Å². The molecule has 2 bridgehead atoms. The molecule has 44 heavy (non-hydrogen) atoms. The van der Waals surface area contributed by atoms with Crippen LogP contribution in [0, 0.1) is 24.7 Å². The standard InChI is InChI=1S/C42H38ClN/c1-27-9-14-35(15-10-27)44(36-16-11-31(12-17-36)30-7-5-4-6-8-30)37-18-20-39-38-19-13-34(43)24-40(38)42(41(39)25-37)26-29(3)32-21-28(2)22-33(42)23-32/h4-20,24-26,28,32-33H,21-23H2,1-3H3. The molecule has 1 spiro atoms. The fourth-order valence-corrected chi connectivity index (χ4v) is 8.77. The maximum Gasteiger partial charge on any atom is 0.0465 e. The predicted octanol–water partition coefficient (Wildman–Crippen LogP) is 12.1. The molecule has 5 aromatic carbocycles. The van der Waals surface area contributed by atoms with Crippen molar-refractivity contribution in [2.24, 2.45) is 17.8 Å². The number of nitrogens with zero attached hydrogens (tertiary/aromatic N) is 1. The van der Waals surface area contributed by atoms with Gasteiger partial charge in [-0.2, -0.15) is 0 Å². The number of benzene rings is 5. The second-order valence-corrected chi connectivity index (χ2v) is 13.9. The summed E-state index contributed by atoms with van der Waals surface area (Å²) in [5.74, 6) is 1.98. The van der Waals surface area contributed by atoms with Crippen LogP contribution in [0.2, 0.25) is 5.02 Å². The molecule has 1 saturated carbocycles. The third kappa shape index (κ3) is 4.36. The third-order valence-electron chi connectivity index (χ3n) is 10.6. The summed E-state index contributed by atoms with van der Waals surface area (Å²) in [7, 11) is 0. The zero-order valence-corrected chi connectivity index (χ0v) is 26.5. The molecule has 3 aliphatic rings. The van der Waals surface area contributed by atoms with Crippen LogP contribution in [-0.4, -0.2) is 0 Å². The molecule has 1 fully saturated rings. The van der Waals surface area contributed by atoms with Crippen molar-refractivity contribution in [3.05, 3.63) is 149 Å². The van der Waals surface area contributed by atoms with Gasteiger partial charge in [0.05, 0.1) is 0 Å². The molecule has 3 aliphatic carbocycles. The predicted molar refractivity (Wildman–Crippen MR) is 186 cm³/mol. The first-order chi connectivity index (χ1) is 21.4. The summed E-state index contributed by atoms with van der Waals surface area (Å²) >= 11 is 6.75. The molecule has 1 nitrogen and oxygen atoms in total. The molecule has 0 N–H and O–H groups in total. The Labute approximate surface area is 266 Å². The van der Waals surface area contributed by atoms with Gasteiger partial charge in [0.25, 0.3) is 0 Å². The number of anilines is 3. The average molecular weight is 592 g/mol. The molecular weight excluding hydrogens is 554 g/mol. The van der Waals surface area contributed by atoms with Crippen molar-refractivity contribution >= 4 is 28.7 Å². The molecular formula is C42H38ClN. The van der Waals surface area contributed by atoms with E-state index in [1.807, 2.05) is 0 Å². The van der Waals surface area contributed by atoms with Gasteiger partial charge in [-0.1, -0.05) is 102 Å². The van der Waals surface area contributed by atoms with Crippen LogP contribution in [-0.2, 0) is 5.41 Å². The second kappa shape index (κ2) is 10.5. The number of halogens is 1. The number of aryl methyl sites for hydroxylation is 1. The van der Waals surface area contributed by atoms with E-state index in [-0.39, 0.29) is 5.41 Å². The van der Waals surface area contributed by atoms with E-state index in [4.69, 9.17) is 11.6 Å². The zero-order valence-electron chi connectivity index (χ0n) is 25.7. The summed E-state index contributed by atoms with van der Waals surface area (Å²) < 4.78 is 0. The quantitative estimate of drug-likeness (QED) is 0.188. The molecule has 0 amide bonds.